The first-order valence-corrected chi connectivity index (χ1v) is 11.6. The van der Waals surface area contributed by atoms with Crippen molar-refractivity contribution in [2.45, 2.75) is 38.2 Å². The first-order chi connectivity index (χ1) is 15.6. The van der Waals surface area contributed by atoms with Gasteiger partial charge in [0.15, 0.2) is 0 Å². The Hall–Kier alpha value is -2.67. The number of rotatable bonds is 9. The second kappa shape index (κ2) is 10.8. The number of fused-ring (bicyclic) bond motifs is 1. The fourth-order valence-corrected chi connectivity index (χ4v) is 4.47. The maximum absolute atomic E-state index is 11.5. The van der Waals surface area contributed by atoms with Crippen LogP contribution >= 0.6 is 0 Å². The molecule has 170 valence electrons. The van der Waals surface area contributed by atoms with Gasteiger partial charge in [0.05, 0.1) is 11.6 Å². The number of aromatic hydroxyl groups is 1. The first kappa shape index (κ1) is 22.5. The number of aliphatic hydroxyl groups excluding tert-OH is 1. The number of hydrogen-bond acceptors (Lipinski definition) is 5. The van der Waals surface area contributed by atoms with Crippen LogP contribution in [-0.2, 0) is 12.8 Å². The molecule has 1 aliphatic rings. The number of hydrogen-bond donors (Lipinski definition) is 4. The van der Waals surface area contributed by atoms with Gasteiger partial charge >= 0.3 is 0 Å². The number of nitrogens with zero attached hydrogens (tertiary/aromatic N) is 1. The van der Waals surface area contributed by atoms with Crippen molar-refractivity contribution < 1.29 is 10.2 Å². The van der Waals surface area contributed by atoms with E-state index in [0.29, 0.717) is 23.0 Å². The number of likely N-dealkylation sites (tertiary alicyclic amines) is 1. The number of phenolic OH excluding ortho intramolecular Hbond substituents is 1. The first-order valence-electron chi connectivity index (χ1n) is 11.6. The number of aliphatic hydroxyl groups is 1. The van der Waals surface area contributed by atoms with Gasteiger partial charge in [-0.15, -0.1) is 0 Å². The Morgan fingerprint density at radius 3 is 2.41 bits per heavy atom. The van der Waals surface area contributed by atoms with Crippen molar-refractivity contribution in [2.75, 3.05) is 32.7 Å². The van der Waals surface area contributed by atoms with Gasteiger partial charge < -0.3 is 25.4 Å². The number of aromatic amines is 1. The van der Waals surface area contributed by atoms with Crippen LogP contribution in [0.3, 0.4) is 0 Å². The number of phenols is 1. The fourth-order valence-electron chi connectivity index (χ4n) is 4.47. The monoisotopic (exact) mass is 435 g/mol. The summed E-state index contributed by atoms with van der Waals surface area (Å²) in [7, 11) is 0. The molecule has 1 aromatic heterocycles. The van der Waals surface area contributed by atoms with E-state index < -0.39 is 6.10 Å². The zero-order chi connectivity index (χ0) is 22.3. The number of benzene rings is 2. The van der Waals surface area contributed by atoms with Crippen LogP contribution in [0.5, 0.6) is 5.75 Å². The van der Waals surface area contributed by atoms with Gasteiger partial charge in [0, 0.05) is 24.5 Å². The summed E-state index contributed by atoms with van der Waals surface area (Å²) >= 11 is 0. The average molecular weight is 436 g/mol. The van der Waals surface area contributed by atoms with Gasteiger partial charge in [-0.1, -0.05) is 36.8 Å². The lowest BCUT2D eigenvalue weighted by Crippen LogP contribution is -2.31. The van der Waals surface area contributed by atoms with Gasteiger partial charge in [-0.2, -0.15) is 0 Å². The summed E-state index contributed by atoms with van der Waals surface area (Å²) in [6.07, 6.45) is 5.31. The SMILES string of the molecule is O=c1ccc2c([C@@H](O)CNCCc3ccc(CCN4CCCCC4)cc3)ccc(O)c2[nH]1. The molecule has 32 heavy (non-hydrogen) atoms. The molecule has 4 N–H and O–H groups in total. The minimum atomic E-state index is -0.735. The zero-order valence-corrected chi connectivity index (χ0v) is 18.5. The molecule has 2 aromatic carbocycles. The molecule has 1 aliphatic heterocycles. The van der Waals surface area contributed by atoms with Crippen LogP contribution < -0.4 is 10.9 Å². The predicted octanol–water partition coefficient (Wildman–Crippen LogP) is 3.13. The van der Waals surface area contributed by atoms with Gasteiger partial charge in [0.25, 0.3) is 0 Å². The molecule has 6 nitrogen and oxygen atoms in total. The van der Waals surface area contributed by atoms with Gasteiger partial charge in [0.1, 0.15) is 5.75 Å². The normalized spacial score (nSPS) is 15.8. The Morgan fingerprint density at radius 1 is 0.938 bits per heavy atom. The van der Waals surface area contributed by atoms with E-state index in [-0.39, 0.29) is 11.3 Å². The lowest BCUT2D eigenvalue weighted by molar-refractivity contribution is 0.176. The summed E-state index contributed by atoms with van der Waals surface area (Å²) in [6, 6.07) is 15.1. The fraction of sp³-hybridized carbons (Fsp3) is 0.423. The van der Waals surface area contributed by atoms with Crippen molar-refractivity contribution >= 4 is 10.9 Å². The van der Waals surface area contributed by atoms with E-state index in [0.717, 1.165) is 25.9 Å². The molecule has 1 saturated heterocycles. The minimum Gasteiger partial charge on any atom is -0.506 e. The molecule has 0 bridgehead atoms. The number of piperidine rings is 1. The molecule has 0 amide bonds. The number of nitrogens with one attached hydrogen (secondary N) is 2. The van der Waals surface area contributed by atoms with Gasteiger partial charge in [-0.25, -0.2) is 0 Å². The van der Waals surface area contributed by atoms with E-state index in [9.17, 15) is 15.0 Å². The Balaban J connectivity index is 1.24. The quantitative estimate of drug-likeness (QED) is 0.388. The van der Waals surface area contributed by atoms with Crippen molar-refractivity contribution in [3.63, 3.8) is 0 Å². The van der Waals surface area contributed by atoms with Crippen molar-refractivity contribution in [1.29, 1.82) is 0 Å². The summed E-state index contributed by atoms with van der Waals surface area (Å²) in [6.45, 7) is 4.80. The topological polar surface area (TPSA) is 88.6 Å². The molecule has 6 heteroatoms. The standard InChI is InChI=1S/C26H33N3O3/c30-23-10-8-21(22-9-11-25(32)28-26(22)23)24(31)18-27-14-12-19-4-6-20(7-5-19)13-17-29-15-2-1-3-16-29/h4-11,24,27,30-31H,1-3,12-18H2,(H,28,32)/t24-/m0/s1. The summed E-state index contributed by atoms with van der Waals surface area (Å²) in [5, 5.41) is 24.6. The van der Waals surface area contributed by atoms with Crippen LogP contribution in [0.25, 0.3) is 10.9 Å². The lowest BCUT2D eigenvalue weighted by Gasteiger charge is -2.26. The number of aromatic nitrogens is 1. The molecule has 0 aliphatic carbocycles. The molecule has 3 aromatic rings. The summed E-state index contributed by atoms with van der Waals surface area (Å²) in [4.78, 5) is 16.8. The van der Waals surface area contributed by atoms with Crippen LogP contribution in [0.1, 0.15) is 42.1 Å². The number of H-pyrrole nitrogens is 1. The number of pyridine rings is 1. The molecule has 4 rings (SSSR count). The van der Waals surface area contributed by atoms with Gasteiger partial charge in [-0.05, 0) is 74.1 Å². The highest BCUT2D eigenvalue weighted by Gasteiger charge is 2.14. The van der Waals surface area contributed by atoms with E-state index in [2.05, 4.69) is 39.5 Å². The average Bonchev–Trinajstić information content (AvgIpc) is 2.82. The molecule has 0 unspecified atom stereocenters. The largest absolute Gasteiger partial charge is 0.506 e. The van der Waals surface area contributed by atoms with Crippen LogP contribution in [-0.4, -0.2) is 52.8 Å². The lowest BCUT2D eigenvalue weighted by atomic mass is 10.0. The Morgan fingerprint density at radius 2 is 1.66 bits per heavy atom. The molecule has 0 saturated carbocycles. The van der Waals surface area contributed by atoms with Gasteiger partial charge in [0.2, 0.25) is 5.56 Å². The molecule has 1 fully saturated rings. The third-order valence-electron chi connectivity index (χ3n) is 6.38. The Bertz CT molecular complexity index is 1070. The van der Waals surface area contributed by atoms with Crippen molar-refractivity contribution in [3.8, 4) is 5.75 Å². The van der Waals surface area contributed by atoms with E-state index in [1.807, 2.05) is 0 Å². The van der Waals surface area contributed by atoms with E-state index in [4.69, 9.17) is 0 Å². The highest BCUT2D eigenvalue weighted by molar-refractivity contribution is 5.87. The maximum Gasteiger partial charge on any atom is 0.248 e. The summed E-state index contributed by atoms with van der Waals surface area (Å²) in [5.41, 5.74) is 3.42. The summed E-state index contributed by atoms with van der Waals surface area (Å²) in [5.74, 6) is 0.000912. The molecule has 2 heterocycles. The second-order valence-corrected chi connectivity index (χ2v) is 8.72. The Kier molecular flexibility index (Phi) is 7.58. The maximum atomic E-state index is 11.5. The third-order valence-corrected chi connectivity index (χ3v) is 6.38. The van der Waals surface area contributed by atoms with E-state index in [1.165, 1.54) is 55.6 Å². The third kappa shape index (κ3) is 5.76. The second-order valence-electron chi connectivity index (χ2n) is 8.72. The zero-order valence-electron chi connectivity index (χ0n) is 18.5. The van der Waals surface area contributed by atoms with Gasteiger partial charge in [-0.3, -0.25) is 4.79 Å². The molecule has 0 radical (unpaired) electrons. The molecular formula is C26H33N3O3. The van der Waals surface area contributed by atoms with Crippen LogP contribution in [0.2, 0.25) is 0 Å². The molecule has 0 spiro atoms. The van der Waals surface area contributed by atoms with Crippen molar-refractivity contribution in [3.05, 3.63) is 75.6 Å². The summed E-state index contributed by atoms with van der Waals surface area (Å²) < 4.78 is 0. The molecule has 1 atom stereocenters. The highest BCUT2D eigenvalue weighted by Crippen LogP contribution is 2.28. The smallest absolute Gasteiger partial charge is 0.248 e. The minimum absolute atomic E-state index is 0.000912. The van der Waals surface area contributed by atoms with Crippen molar-refractivity contribution in [1.82, 2.24) is 15.2 Å². The molecular weight excluding hydrogens is 402 g/mol. The highest BCUT2D eigenvalue weighted by atomic mass is 16.3. The van der Waals surface area contributed by atoms with Crippen LogP contribution in [0.15, 0.2) is 53.3 Å². The Labute approximate surface area is 188 Å². The van der Waals surface area contributed by atoms with E-state index >= 15 is 0 Å². The van der Waals surface area contributed by atoms with Crippen LogP contribution in [0, 0.1) is 0 Å². The van der Waals surface area contributed by atoms with Crippen LogP contribution in [0.4, 0.5) is 0 Å². The van der Waals surface area contributed by atoms with Crippen molar-refractivity contribution in [2.24, 2.45) is 0 Å². The van der Waals surface area contributed by atoms with E-state index in [1.54, 1.807) is 12.1 Å². The predicted molar refractivity (Wildman–Crippen MR) is 128 cm³/mol.